The average Bonchev–Trinajstić information content (AvgIpc) is 2.00. The summed E-state index contributed by atoms with van der Waals surface area (Å²) in [6, 6.07) is 0. The highest BCUT2D eigenvalue weighted by Gasteiger charge is 2.16. The van der Waals surface area contributed by atoms with Crippen LogP contribution in [0.1, 0.15) is 33.1 Å². The third-order valence-corrected chi connectivity index (χ3v) is 1.35. The minimum Gasteiger partial charge on any atom is -0.464 e. The number of ether oxygens (including phenoxy) is 1. The number of rotatable bonds is 5. The van der Waals surface area contributed by atoms with Crippen molar-refractivity contribution in [3.05, 3.63) is 0 Å². The van der Waals surface area contributed by atoms with Gasteiger partial charge in [-0.15, -0.1) is 0 Å². The molecule has 66 valence electrons. The van der Waals surface area contributed by atoms with Gasteiger partial charge in [0.2, 0.25) is 0 Å². The van der Waals surface area contributed by atoms with Gasteiger partial charge in [-0.2, -0.15) is 0 Å². The van der Waals surface area contributed by atoms with Gasteiger partial charge in [0.1, 0.15) is 0 Å². The van der Waals surface area contributed by atoms with E-state index in [4.69, 9.17) is 0 Å². The first-order valence-corrected chi connectivity index (χ1v) is 4.03. The Morgan fingerprint density at radius 3 is 2.64 bits per heavy atom. The van der Waals surface area contributed by atoms with Crippen molar-refractivity contribution in [2.75, 3.05) is 6.61 Å². The molecule has 0 saturated carbocycles. The van der Waals surface area contributed by atoms with Gasteiger partial charge in [0.05, 0.1) is 6.61 Å². The zero-order valence-corrected chi connectivity index (χ0v) is 7.10. The third kappa shape index (κ3) is 4.76. The second kappa shape index (κ2) is 6.13. The van der Waals surface area contributed by atoms with Gasteiger partial charge in [-0.05, 0) is 13.3 Å². The van der Waals surface area contributed by atoms with Crippen molar-refractivity contribution in [1.29, 1.82) is 0 Å². The Morgan fingerprint density at radius 1 is 1.55 bits per heavy atom. The quantitative estimate of drug-likeness (QED) is 0.578. The summed E-state index contributed by atoms with van der Waals surface area (Å²) in [4.78, 5) is 10.7. The fourth-order valence-electron chi connectivity index (χ4n) is 0.734. The monoisotopic (exact) mass is 162 g/mol. The summed E-state index contributed by atoms with van der Waals surface area (Å²) < 4.78 is 17.2. The Bertz CT molecular complexity index is 115. The largest absolute Gasteiger partial charge is 0.464 e. The molecule has 0 aliphatic rings. The molecule has 2 nitrogen and oxygen atoms in total. The van der Waals surface area contributed by atoms with Gasteiger partial charge in [0, 0.05) is 0 Å². The number of halogens is 1. The maximum absolute atomic E-state index is 12.7. The fourth-order valence-corrected chi connectivity index (χ4v) is 0.734. The normalized spacial score (nSPS) is 12.6. The predicted octanol–water partition coefficient (Wildman–Crippen LogP) is 2.08. The van der Waals surface area contributed by atoms with Crippen molar-refractivity contribution >= 4 is 5.97 Å². The van der Waals surface area contributed by atoms with Crippen molar-refractivity contribution in [3.8, 4) is 0 Å². The predicted molar refractivity (Wildman–Crippen MR) is 41.1 cm³/mol. The Balaban J connectivity index is 3.46. The van der Waals surface area contributed by atoms with Crippen LogP contribution in [0, 0.1) is 0 Å². The van der Waals surface area contributed by atoms with Crippen molar-refractivity contribution in [2.24, 2.45) is 0 Å². The van der Waals surface area contributed by atoms with E-state index in [0.29, 0.717) is 0 Å². The Morgan fingerprint density at radius 2 is 2.18 bits per heavy atom. The maximum Gasteiger partial charge on any atom is 0.340 e. The molecule has 0 N–H and O–H groups in total. The van der Waals surface area contributed by atoms with E-state index in [0.717, 1.165) is 12.8 Å². The summed E-state index contributed by atoms with van der Waals surface area (Å²) in [5, 5.41) is 0. The van der Waals surface area contributed by atoms with Crippen molar-refractivity contribution < 1.29 is 13.9 Å². The summed E-state index contributed by atoms with van der Waals surface area (Å²) >= 11 is 0. The van der Waals surface area contributed by atoms with Gasteiger partial charge >= 0.3 is 5.97 Å². The van der Waals surface area contributed by atoms with Gasteiger partial charge in [-0.1, -0.05) is 19.8 Å². The smallest absolute Gasteiger partial charge is 0.340 e. The summed E-state index contributed by atoms with van der Waals surface area (Å²) in [7, 11) is 0. The first-order chi connectivity index (χ1) is 5.22. The molecule has 0 fully saturated rings. The van der Waals surface area contributed by atoms with E-state index in [2.05, 4.69) is 4.74 Å². The number of alkyl halides is 1. The van der Waals surface area contributed by atoms with Crippen LogP contribution in [0.25, 0.3) is 0 Å². The van der Waals surface area contributed by atoms with Crippen LogP contribution in [0.5, 0.6) is 0 Å². The highest BCUT2D eigenvalue weighted by atomic mass is 19.1. The van der Waals surface area contributed by atoms with Crippen LogP contribution in [0.4, 0.5) is 4.39 Å². The van der Waals surface area contributed by atoms with Crippen LogP contribution in [0.15, 0.2) is 0 Å². The molecule has 0 amide bonds. The van der Waals surface area contributed by atoms with E-state index in [-0.39, 0.29) is 13.0 Å². The highest BCUT2D eigenvalue weighted by Crippen LogP contribution is 2.05. The Labute approximate surface area is 66.7 Å². The minimum atomic E-state index is -1.42. The molecule has 1 atom stereocenters. The Kier molecular flexibility index (Phi) is 5.80. The first kappa shape index (κ1) is 10.4. The minimum absolute atomic E-state index is 0.255. The van der Waals surface area contributed by atoms with Crippen LogP contribution in [0.2, 0.25) is 0 Å². The molecular weight excluding hydrogens is 147 g/mol. The molecular formula is C8H15FO2. The molecule has 0 radical (unpaired) electrons. The van der Waals surface area contributed by atoms with Crippen LogP contribution in [0.3, 0.4) is 0 Å². The third-order valence-electron chi connectivity index (χ3n) is 1.35. The molecule has 0 rings (SSSR count). The SMILES string of the molecule is CCCC[C@H](F)C(=O)OCC. The Hall–Kier alpha value is -0.600. The lowest BCUT2D eigenvalue weighted by atomic mass is 10.2. The summed E-state index contributed by atoms with van der Waals surface area (Å²) in [6.07, 6.45) is 0.504. The van der Waals surface area contributed by atoms with E-state index in [1.54, 1.807) is 6.92 Å². The lowest BCUT2D eigenvalue weighted by Gasteiger charge is -2.05. The number of carbonyl (C=O) groups excluding carboxylic acids is 1. The molecule has 0 unspecified atom stereocenters. The highest BCUT2D eigenvalue weighted by molar-refractivity contribution is 5.74. The molecule has 0 aromatic rings. The van der Waals surface area contributed by atoms with Crippen LogP contribution in [-0.2, 0) is 9.53 Å². The second-order valence-electron chi connectivity index (χ2n) is 2.36. The fraction of sp³-hybridized carbons (Fsp3) is 0.875. The molecule has 0 aromatic heterocycles. The zero-order valence-electron chi connectivity index (χ0n) is 7.10. The van der Waals surface area contributed by atoms with Crippen LogP contribution in [-0.4, -0.2) is 18.7 Å². The number of esters is 1. The van der Waals surface area contributed by atoms with Gasteiger partial charge < -0.3 is 4.74 Å². The number of hydrogen-bond acceptors (Lipinski definition) is 2. The summed E-state index contributed by atoms with van der Waals surface area (Å²) in [5.74, 6) is -0.721. The number of hydrogen-bond donors (Lipinski definition) is 0. The number of unbranched alkanes of at least 4 members (excludes halogenated alkanes) is 1. The van der Waals surface area contributed by atoms with Crippen molar-refractivity contribution in [1.82, 2.24) is 0 Å². The number of carbonyl (C=O) groups is 1. The summed E-state index contributed by atoms with van der Waals surface area (Å²) in [6.45, 7) is 3.88. The second-order valence-corrected chi connectivity index (χ2v) is 2.36. The molecule has 0 heterocycles. The lowest BCUT2D eigenvalue weighted by Crippen LogP contribution is -2.18. The molecule has 0 aromatic carbocycles. The van der Waals surface area contributed by atoms with E-state index >= 15 is 0 Å². The van der Waals surface area contributed by atoms with E-state index in [9.17, 15) is 9.18 Å². The maximum atomic E-state index is 12.7. The zero-order chi connectivity index (χ0) is 8.69. The molecule has 0 spiro atoms. The van der Waals surface area contributed by atoms with Gasteiger partial charge in [0.25, 0.3) is 0 Å². The lowest BCUT2D eigenvalue weighted by molar-refractivity contribution is -0.149. The molecule has 0 aliphatic heterocycles. The average molecular weight is 162 g/mol. The van der Waals surface area contributed by atoms with Crippen LogP contribution < -0.4 is 0 Å². The van der Waals surface area contributed by atoms with Crippen molar-refractivity contribution in [2.45, 2.75) is 39.3 Å². The van der Waals surface area contributed by atoms with Gasteiger partial charge in [-0.25, -0.2) is 9.18 Å². The molecule has 0 aliphatic carbocycles. The molecule has 11 heavy (non-hydrogen) atoms. The first-order valence-electron chi connectivity index (χ1n) is 4.03. The van der Waals surface area contributed by atoms with E-state index < -0.39 is 12.1 Å². The van der Waals surface area contributed by atoms with E-state index in [1.807, 2.05) is 6.92 Å². The molecule has 0 bridgehead atoms. The van der Waals surface area contributed by atoms with E-state index in [1.165, 1.54) is 0 Å². The topological polar surface area (TPSA) is 26.3 Å². The van der Waals surface area contributed by atoms with Gasteiger partial charge in [0.15, 0.2) is 6.17 Å². The molecule has 0 saturated heterocycles. The van der Waals surface area contributed by atoms with Crippen molar-refractivity contribution in [3.63, 3.8) is 0 Å². The van der Waals surface area contributed by atoms with Gasteiger partial charge in [-0.3, -0.25) is 0 Å². The van der Waals surface area contributed by atoms with Crippen LogP contribution >= 0.6 is 0 Å². The standard InChI is InChI=1S/C8H15FO2/c1-3-5-6-7(9)8(10)11-4-2/h7H,3-6H2,1-2H3/t7-/m0/s1. The summed E-state index contributed by atoms with van der Waals surface area (Å²) in [5.41, 5.74) is 0. The molecule has 3 heteroatoms.